The summed E-state index contributed by atoms with van der Waals surface area (Å²) in [5, 5.41) is 9.09. The Morgan fingerprint density at radius 2 is 2.12 bits per heavy atom. The monoisotopic (exact) mass is 257 g/mol. The molecular formula is C11H16NO4P. The van der Waals surface area contributed by atoms with Gasteiger partial charge in [0.1, 0.15) is 5.76 Å². The topological polar surface area (TPSA) is 72.5 Å². The summed E-state index contributed by atoms with van der Waals surface area (Å²) in [5.74, 6) is 0.594. The van der Waals surface area contributed by atoms with E-state index in [4.69, 9.17) is 18.7 Å². The molecule has 0 bridgehead atoms. The van der Waals surface area contributed by atoms with Crippen LogP contribution in [-0.4, -0.2) is 18.9 Å². The minimum Gasteiger partial charge on any atom is -0.469 e. The SMILES string of the molecule is CCOP(=O)(OCC)[C@@H](C#N)Cc1ccco1. The van der Waals surface area contributed by atoms with Crippen molar-refractivity contribution >= 4 is 7.60 Å². The number of hydrogen-bond donors (Lipinski definition) is 0. The highest BCUT2D eigenvalue weighted by molar-refractivity contribution is 7.55. The summed E-state index contributed by atoms with van der Waals surface area (Å²) < 4.78 is 27.8. The third-order valence-electron chi connectivity index (χ3n) is 2.12. The van der Waals surface area contributed by atoms with Gasteiger partial charge < -0.3 is 13.5 Å². The Hall–Kier alpha value is -1.08. The molecule has 0 aliphatic heterocycles. The van der Waals surface area contributed by atoms with E-state index in [1.807, 2.05) is 6.07 Å². The minimum atomic E-state index is -3.39. The van der Waals surface area contributed by atoms with Gasteiger partial charge in [-0.15, -0.1) is 0 Å². The van der Waals surface area contributed by atoms with Crippen molar-refractivity contribution in [3.63, 3.8) is 0 Å². The van der Waals surface area contributed by atoms with Crippen LogP contribution in [0.1, 0.15) is 19.6 Å². The highest BCUT2D eigenvalue weighted by Crippen LogP contribution is 2.53. The zero-order valence-corrected chi connectivity index (χ0v) is 10.9. The van der Waals surface area contributed by atoms with Crippen LogP contribution in [0.5, 0.6) is 0 Å². The maximum atomic E-state index is 12.4. The lowest BCUT2D eigenvalue weighted by Crippen LogP contribution is -2.14. The molecule has 0 aliphatic carbocycles. The molecule has 0 saturated carbocycles. The van der Waals surface area contributed by atoms with Crippen LogP contribution in [0.3, 0.4) is 0 Å². The van der Waals surface area contributed by atoms with Crippen LogP contribution < -0.4 is 0 Å². The molecule has 1 aromatic heterocycles. The number of hydrogen-bond acceptors (Lipinski definition) is 5. The van der Waals surface area contributed by atoms with E-state index in [1.54, 1.807) is 26.0 Å². The van der Waals surface area contributed by atoms with E-state index in [-0.39, 0.29) is 19.6 Å². The Balaban J connectivity index is 2.83. The second-order valence-corrected chi connectivity index (χ2v) is 5.52. The largest absolute Gasteiger partial charge is 0.469 e. The smallest absolute Gasteiger partial charge is 0.348 e. The second-order valence-electron chi connectivity index (χ2n) is 3.30. The molecule has 0 aliphatic rings. The first-order chi connectivity index (χ1) is 8.16. The number of nitrogens with zero attached hydrogens (tertiary/aromatic N) is 1. The molecule has 1 rings (SSSR count). The molecule has 1 heterocycles. The van der Waals surface area contributed by atoms with Gasteiger partial charge in [0.2, 0.25) is 0 Å². The highest BCUT2D eigenvalue weighted by Gasteiger charge is 2.36. The van der Waals surface area contributed by atoms with E-state index in [2.05, 4.69) is 0 Å². The number of furan rings is 1. The standard InChI is InChI=1S/C11H16NO4P/c1-3-15-17(13,16-4-2)11(9-12)8-10-6-5-7-14-10/h5-7,11H,3-4,8H2,1-2H3/t11-/m1/s1. The van der Waals surface area contributed by atoms with Gasteiger partial charge in [-0.2, -0.15) is 5.26 Å². The first-order valence-corrected chi connectivity index (χ1v) is 7.08. The Morgan fingerprint density at radius 3 is 2.53 bits per heavy atom. The summed E-state index contributed by atoms with van der Waals surface area (Å²) in [6.45, 7) is 3.92. The molecule has 0 saturated heterocycles. The van der Waals surface area contributed by atoms with E-state index in [0.29, 0.717) is 5.76 Å². The van der Waals surface area contributed by atoms with Gasteiger partial charge in [-0.3, -0.25) is 4.57 Å². The van der Waals surface area contributed by atoms with Crippen molar-refractivity contribution in [1.29, 1.82) is 5.26 Å². The van der Waals surface area contributed by atoms with Gasteiger partial charge in [0, 0.05) is 6.42 Å². The third kappa shape index (κ3) is 3.71. The molecular weight excluding hydrogens is 241 g/mol. The molecule has 94 valence electrons. The van der Waals surface area contributed by atoms with Crippen molar-refractivity contribution in [1.82, 2.24) is 0 Å². The summed E-state index contributed by atoms with van der Waals surface area (Å²) in [7, 11) is -3.39. The average Bonchev–Trinajstić information content (AvgIpc) is 2.79. The predicted molar refractivity (Wildman–Crippen MR) is 62.7 cm³/mol. The second kappa shape index (κ2) is 6.61. The molecule has 1 aromatic rings. The molecule has 0 amide bonds. The van der Waals surface area contributed by atoms with Crippen molar-refractivity contribution in [2.45, 2.75) is 25.9 Å². The zero-order chi connectivity index (χ0) is 12.7. The lowest BCUT2D eigenvalue weighted by atomic mass is 10.2. The van der Waals surface area contributed by atoms with Crippen molar-refractivity contribution in [3.05, 3.63) is 24.2 Å². The van der Waals surface area contributed by atoms with Crippen LogP contribution in [0.25, 0.3) is 0 Å². The molecule has 1 atom stereocenters. The average molecular weight is 257 g/mol. The van der Waals surface area contributed by atoms with E-state index in [9.17, 15) is 4.57 Å². The fraction of sp³-hybridized carbons (Fsp3) is 0.545. The Labute approximate surface area is 101 Å². The van der Waals surface area contributed by atoms with Crippen LogP contribution in [0.15, 0.2) is 22.8 Å². The van der Waals surface area contributed by atoms with Gasteiger partial charge >= 0.3 is 7.60 Å². The maximum absolute atomic E-state index is 12.4. The molecule has 5 nitrogen and oxygen atoms in total. The van der Waals surface area contributed by atoms with Gasteiger partial charge in [0.25, 0.3) is 0 Å². The Kier molecular flexibility index (Phi) is 5.43. The lowest BCUT2D eigenvalue weighted by molar-refractivity contribution is 0.215. The van der Waals surface area contributed by atoms with Gasteiger partial charge in [-0.1, -0.05) is 0 Å². The zero-order valence-electron chi connectivity index (χ0n) is 9.96. The number of nitriles is 1. The van der Waals surface area contributed by atoms with Gasteiger partial charge in [0.05, 0.1) is 25.5 Å². The van der Waals surface area contributed by atoms with Gasteiger partial charge in [0.15, 0.2) is 5.66 Å². The lowest BCUT2D eigenvalue weighted by Gasteiger charge is -2.20. The predicted octanol–water partition coefficient (Wildman–Crippen LogP) is 2.98. The first-order valence-electron chi connectivity index (χ1n) is 5.47. The molecule has 0 aromatic carbocycles. The molecule has 0 radical (unpaired) electrons. The molecule has 0 fully saturated rings. The van der Waals surface area contributed by atoms with Crippen molar-refractivity contribution in [2.24, 2.45) is 0 Å². The molecule has 0 unspecified atom stereocenters. The first kappa shape index (κ1) is 14.0. The highest BCUT2D eigenvalue weighted by atomic mass is 31.2. The van der Waals surface area contributed by atoms with E-state index < -0.39 is 13.3 Å². The van der Waals surface area contributed by atoms with E-state index in [0.717, 1.165) is 0 Å². The summed E-state index contributed by atoms with van der Waals surface area (Å²) in [5.41, 5.74) is -0.839. The minimum absolute atomic E-state index is 0.223. The van der Waals surface area contributed by atoms with Crippen LogP contribution in [0.2, 0.25) is 0 Å². The molecule has 0 spiro atoms. The molecule has 17 heavy (non-hydrogen) atoms. The van der Waals surface area contributed by atoms with Crippen molar-refractivity contribution in [3.8, 4) is 6.07 Å². The summed E-state index contributed by atoms with van der Waals surface area (Å²) in [4.78, 5) is 0. The van der Waals surface area contributed by atoms with E-state index in [1.165, 1.54) is 6.26 Å². The summed E-state index contributed by atoms with van der Waals surface area (Å²) in [6, 6.07) is 5.42. The fourth-order valence-electron chi connectivity index (χ4n) is 1.42. The Bertz CT molecular complexity index is 400. The van der Waals surface area contributed by atoms with Gasteiger partial charge in [-0.05, 0) is 26.0 Å². The normalized spacial score (nSPS) is 13.2. The van der Waals surface area contributed by atoms with Crippen LogP contribution in [-0.2, 0) is 20.0 Å². The van der Waals surface area contributed by atoms with Gasteiger partial charge in [-0.25, -0.2) is 0 Å². The quantitative estimate of drug-likeness (QED) is 0.702. The van der Waals surface area contributed by atoms with Crippen molar-refractivity contribution in [2.75, 3.05) is 13.2 Å². The number of rotatable bonds is 7. The third-order valence-corrected chi connectivity index (χ3v) is 4.42. The molecule has 6 heteroatoms. The van der Waals surface area contributed by atoms with Crippen LogP contribution in [0.4, 0.5) is 0 Å². The Morgan fingerprint density at radius 1 is 1.47 bits per heavy atom. The summed E-state index contributed by atoms with van der Waals surface area (Å²) >= 11 is 0. The van der Waals surface area contributed by atoms with Crippen molar-refractivity contribution < 1.29 is 18.0 Å². The maximum Gasteiger partial charge on any atom is 0.348 e. The van der Waals surface area contributed by atoms with Crippen LogP contribution >= 0.6 is 7.60 Å². The fourth-order valence-corrected chi connectivity index (χ4v) is 3.12. The summed E-state index contributed by atoms with van der Waals surface area (Å²) in [6.07, 6.45) is 1.73. The molecule has 0 N–H and O–H groups in total. The van der Waals surface area contributed by atoms with E-state index >= 15 is 0 Å². The van der Waals surface area contributed by atoms with Crippen LogP contribution in [0, 0.1) is 11.3 Å².